The molecule has 0 saturated heterocycles. The summed E-state index contributed by atoms with van der Waals surface area (Å²) in [4.78, 5) is 0. The molecule has 0 aliphatic carbocycles. The van der Waals surface area contributed by atoms with Gasteiger partial charge in [-0.1, -0.05) is 55.0 Å². The van der Waals surface area contributed by atoms with E-state index in [4.69, 9.17) is 4.74 Å². The Morgan fingerprint density at radius 3 is 2.00 bits per heavy atom. The monoisotopic (exact) mass is 264 g/mol. The number of rotatable bonds is 11. The molecule has 0 radical (unpaired) electrons. The zero-order chi connectivity index (χ0) is 10.5. The third-order valence-corrected chi connectivity index (χ3v) is 2.88. The maximum atomic E-state index is 5.52. The quantitative estimate of drug-likeness (QED) is 0.393. The van der Waals surface area contributed by atoms with Crippen LogP contribution in [0.5, 0.6) is 0 Å². The first-order valence-electron chi connectivity index (χ1n) is 6.05. The lowest BCUT2D eigenvalue weighted by Crippen LogP contribution is -1.97. The maximum absolute atomic E-state index is 5.52. The van der Waals surface area contributed by atoms with E-state index in [-0.39, 0.29) is 0 Å². The Morgan fingerprint density at radius 2 is 1.36 bits per heavy atom. The molecule has 0 saturated carbocycles. The fraction of sp³-hybridized carbons (Fsp3) is 1.00. The van der Waals surface area contributed by atoms with Gasteiger partial charge in [-0.2, -0.15) is 0 Å². The topological polar surface area (TPSA) is 9.23 Å². The smallest absolute Gasteiger partial charge is 0.0466 e. The molecule has 0 amide bonds. The predicted molar refractivity (Wildman–Crippen MR) is 67.2 cm³/mol. The van der Waals surface area contributed by atoms with Crippen molar-refractivity contribution < 1.29 is 4.74 Å². The van der Waals surface area contributed by atoms with Crippen LogP contribution >= 0.6 is 15.9 Å². The number of hydrogen-bond acceptors (Lipinski definition) is 1. The average molecular weight is 265 g/mol. The zero-order valence-corrected chi connectivity index (χ0v) is 11.2. The Morgan fingerprint density at radius 1 is 0.786 bits per heavy atom. The summed E-state index contributed by atoms with van der Waals surface area (Å²) >= 11 is 3.41. The van der Waals surface area contributed by atoms with Gasteiger partial charge in [-0.25, -0.2) is 0 Å². The Kier molecular flexibility index (Phi) is 13.9. The highest BCUT2D eigenvalue weighted by molar-refractivity contribution is 9.09. The molecule has 0 atom stereocenters. The summed E-state index contributed by atoms with van der Waals surface area (Å²) in [6.07, 6.45) is 10.5. The second kappa shape index (κ2) is 13.4. The van der Waals surface area contributed by atoms with E-state index in [1.807, 2.05) is 0 Å². The second-order valence-electron chi connectivity index (χ2n) is 3.78. The van der Waals surface area contributed by atoms with Crippen LogP contribution < -0.4 is 0 Å². The van der Waals surface area contributed by atoms with E-state index in [9.17, 15) is 0 Å². The first-order valence-corrected chi connectivity index (χ1v) is 7.17. The minimum atomic E-state index is 0.945. The van der Waals surface area contributed by atoms with Crippen molar-refractivity contribution in [1.29, 1.82) is 0 Å². The van der Waals surface area contributed by atoms with Gasteiger partial charge in [-0.15, -0.1) is 0 Å². The molecule has 0 heterocycles. The standard InChI is InChI=1S/C12H25BrO/c1-2-3-4-5-6-8-11-14-12-9-7-10-13/h2-12H2,1H3. The third kappa shape index (κ3) is 12.4. The van der Waals surface area contributed by atoms with E-state index < -0.39 is 0 Å². The predicted octanol–water partition coefficient (Wildman–Crippen LogP) is 4.54. The van der Waals surface area contributed by atoms with E-state index in [1.54, 1.807) is 0 Å². The molecule has 0 aromatic carbocycles. The highest BCUT2D eigenvalue weighted by atomic mass is 79.9. The van der Waals surface area contributed by atoms with Crippen molar-refractivity contribution in [2.45, 2.75) is 58.3 Å². The second-order valence-corrected chi connectivity index (χ2v) is 4.57. The molecule has 2 heteroatoms. The van der Waals surface area contributed by atoms with Crippen molar-refractivity contribution in [3.8, 4) is 0 Å². The summed E-state index contributed by atoms with van der Waals surface area (Å²) < 4.78 is 5.52. The van der Waals surface area contributed by atoms with Crippen LogP contribution in [0.15, 0.2) is 0 Å². The molecular formula is C12H25BrO. The first kappa shape index (κ1) is 14.4. The summed E-state index contributed by atoms with van der Waals surface area (Å²) in [7, 11) is 0. The van der Waals surface area contributed by atoms with E-state index in [0.717, 1.165) is 18.5 Å². The van der Waals surface area contributed by atoms with Crippen molar-refractivity contribution in [1.82, 2.24) is 0 Å². The van der Waals surface area contributed by atoms with Crippen LogP contribution in [-0.2, 0) is 4.74 Å². The van der Waals surface area contributed by atoms with E-state index in [0.29, 0.717) is 0 Å². The van der Waals surface area contributed by atoms with Crippen LogP contribution in [-0.4, -0.2) is 18.5 Å². The van der Waals surface area contributed by atoms with Gasteiger partial charge in [0.15, 0.2) is 0 Å². The molecule has 14 heavy (non-hydrogen) atoms. The number of ether oxygens (including phenoxy) is 1. The van der Waals surface area contributed by atoms with Crippen LogP contribution in [0.2, 0.25) is 0 Å². The Bertz CT molecular complexity index is 84.3. The molecule has 0 spiro atoms. The van der Waals surface area contributed by atoms with E-state index >= 15 is 0 Å². The number of unbranched alkanes of at least 4 members (excludes halogenated alkanes) is 6. The van der Waals surface area contributed by atoms with Gasteiger partial charge in [0.2, 0.25) is 0 Å². The van der Waals surface area contributed by atoms with E-state index in [2.05, 4.69) is 22.9 Å². The highest BCUT2D eigenvalue weighted by Crippen LogP contribution is 2.05. The van der Waals surface area contributed by atoms with Gasteiger partial charge in [0.25, 0.3) is 0 Å². The molecule has 86 valence electrons. The van der Waals surface area contributed by atoms with Crippen molar-refractivity contribution in [3.63, 3.8) is 0 Å². The fourth-order valence-corrected chi connectivity index (χ4v) is 1.78. The van der Waals surface area contributed by atoms with Crippen molar-refractivity contribution in [2.24, 2.45) is 0 Å². The van der Waals surface area contributed by atoms with Gasteiger partial charge in [-0.05, 0) is 19.3 Å². The van der Waals surface area contributed by atoms with Crippen molar-refractivity contribution in [2.75, 3.05) is 18.5 Å². The van der Waals surface area contributed by atoms with Gasteiger partial charge in [0, 0.05) is 18.5 Å². The molecule has 0 fully saturated rings. The van der Waals surface area contributed by atoms with Gasteiger partial charge >= 0.3 is 0 Å². The summed E-state index contributed by atoms with van der Waals surface area (Å²) in [6, 6.07) is 0. The summed E-state index contributed by atoms with van der Waals surface area (Å²) in [5.41, 5.74) is 0. The average Bonchev–Trinajstić information content (AvgIpc) is 2.21. The fourth-order valence-electron chi connectivity index (χ4n) is 1.39. The molecule has 0 aliphatic rings. The third-order valence-electron chi connectivity index (χ3n) is 2.31. The lowest BCUT2D eigenvalue weighted by Gasteiger charge is -2.03. The maximum Gasteiger partial charge on any atom is 0.0466 e. The summed E-state index contributed by atoms with van der Waals surface area (Å²) in [5.74, 6) is 0. The number of hydrogen-bond donors (Lipinski definition) is 0. The van der Waals surface area contributed by atoms with Crippen molar-refractivity contribution >= 4 is 15.9 Å². The largest absolute Gasteiger partial charge is 0.381 e. The molecule has 0 aromatic heterocycles. The first-order chi connectivity index (χ1) is 6.91. The van der Waals surface area contributed by atoms with Gasteiger partial charge in [0.1, 0.15) is 0 Å². The summed E-state index contributed by atoms with van der Waals surface area (Å²) in [6.45, 7) is 4.17. The van der Waals surface area contributed by atoms with Gasteiger partial charge < -0.3 is 4.74 Å². The van der Waals surface area contributed by atoms with Gasteiger partial charge in [0.05, 0.1) is 0 Å². The highest BCUT2D eigenvalue weighted by Gasteiger charge is 1.91. The molecule has 0 aromatic rings. The lowest BCUT2D eigenvalue weighted by molar-refractivity contribution is 0.127. The molecular weight excluding hydrogens is 240 g/mol. The van der Waals surface area contributed by atoms with Crippen LogP contribution in [0, 0.1) is 0 Å². The number of alkyl halides is 1. The van der Waals surface area contributed by atoms with E-state index in [1.165, 1.54) is 51.4 Å². The Labute approximate surface area is 97.7 Å². The van der Waals surface area contributed by atoms with Crippen LogP contribution in [0.3, 0.4) is 0 Å². The SMILES string of the molecule is CCCCCCCCOCCCCBr. The molecule has 0 aliphatic heterocycles. The zero-order valence-electron chi connectivity index (χ0n) is 9.56. The Balaban J connectivity index is 2.78. The minimum absolute atomic E-state index is 0.945. The molecule has 0 N–H and O–H groups in total. The molecule has 0 bridgehead atoms. The Hall–Kier alpha value is 0.440. The number of halogens is 1. The lowest BCUT2D eigenvalue weighted by atomic mass is 10.1. The van der Waals surface area contributed by atoms with Crippen LogP contribution in [0.1, 0.15) is 58.3 Å². The van der Waals surface area contributed by atoms with Gasteiger partial charge in [-0.3, -0.25) is 0 Å². The van der Waals surface area contributed by atoms with Crippen molar-refractivity contribution in [3.05, 3.63) is 0 Å². The minimum Gasteiger partial charge on any atom is -0.381 e. The normalized spacial score (nSPS) is 10.7. The molecule has 1 nitrogen and oxygen atoms in total. The van der Waals surface area contributed by atoms with Crippen LogP contribution in [0.25, 0.3) is 0 Å². The summed E-state index contributed by atoms with van der Waals surface area (Å²) in [5, 5.41) is 1.10. The molecule has 0 unspecified atom stereocenters. The van der Waals surface area contributed by atoms with Crippen LogP contribution in [0.4, 0.5) is 0 Å². The molecule has 0 rings (SSSR count).